The number of aliphatic carboxylic acids is 1. The zero-order valence-corrected chi connectivity index (χ0v) is 26.7. The maximum atomic E-state index is 13.3. The number of imide groups is 1. The molecule has 0 atom stereocenters. The Labute approximate surface area is 275 Å². The molecule has 0 saturated carbocycles. The first kappa shape index (κ1) is 38.5. The quantitative estimate of drug-likeness (QED) is 0.188. The van der Waals surface area contributed by atoms with Gasteiger partial charge in [-0.15, -0.1) is 0 Å². The number of aliphatic hydroxyl groups is 1. The van der Waals surface area contributed by atoms with Crippen LogP contribution in [0.4, 0.5) is 42.6 Å². The number of nitrogens with zero attached hydrogens (tertiary/aromatic N) is 5. The summed E-state index contributed by atoms with van der Waals surface area (Å²) < 4.78 is 69.8. The molecular weight excluding hydrogens is 674 g/mol. The van der Waals surface area contributed by atoms with Gasteiger partial charge in [-0.1, -0.05) is 0 Å². The molecule has 1 aromatic carbocycles. The standard InChI is InChI=1S/C27H33F3N6O4S.C2HF3O2/c1-26(2)24(39)36(20-3-5-21(6-4-20)41-27(28,29)30)25(40)35(26)18-19-7-9-31-22(17-19)32-23(38)8-10-33-11-13-34(14-12-33)15-16-37;3-2(4,5)1(6)7/h3-7,9,17,37H,8,10-16,18H2,1-2H3,(H,31,32,38);(H,6,7). The van der Waals surface area contributed by atoms with E-state index in [0.29, 0.717) is 24.5 Å². The van der Waals surface area contributed by atoms with E-state index < -0.39 is 35.1 Å². The Morgan fingerprint density at radius 2 is 1.52 bits per heavy atom. The number of carbonyl (C=O) groups is 4. The Morgan fingerprint density at radius 3 is 2.04 bits per heavy atom. The van der Waals surface area contributed by atoms with Crippen LogP contribution in [0.2, 0.25) is 0 Å². The van der Waals surface area contributed by atoms with E-state index >= 15 is 0 Å². The van der Waals surface area contributed by atoms with Crippen molar-refractivity contribution in [3.05, 3.63) is 48.2 Å². The molecule has 1 aromatic heterocycles. The number of benzene rings is 1. The van der Waals surface area contributed by atoms with E-state index in [1.54, 1.807) is 26.0 Å². The fourth-order valence-corrected chi connectivity index (χ4v) is 5.33. The van der Waals surface area contributed by atoms with Crippen molar-refractivity contribution in [1.82, 2.24) is 19.7 Å². The molecule has 3 heterocycles. The molecule has 0 spiro atoms. The first-order valence-electron chi connectivity index (χ1n) is 14.4. The zero-order valence-electron chi connectivity index (χ0n) is 25.8. The Hall–Kier alpha value is -3.94. The molecule has 12 nitrogen and oxygen atoms in total. The van der Waals surface area contributed by atoms with Crippen LogP contribution in [0.1, 0.15) is 25.8 Å². The summed E-state index contributed by atoms with van der Waals surface area (Å²) in [5.74, 6) is -3.13. The second-order valence-corrected chi connectivity index (χ2v) is 12.3. The van der Waals surface area contributed by atoms with Crippen LogP contribution in [0, 0.1) is 0 Å². The Morgan fingerprint density at radius 1 is 0.958 bits per heavy atom. The topological polar surface area (TPSA) is 147 Å². The molecule has 2 aliphatic heterocycles. The largest absolute Gasteiger partial charge is 0.490 e. The number of pyridine rings is 1. The van der Waals surface area contributed by atoms with Crippen molar-refractivity contribution in [2.24, 2.45) is 0 Å². The molecule has 3 N–H and O–H groups in total. The van der Waals surface area contributed by atoms with Crippen molar-refractivity contribution >= 4 is 47.1 Å². The molecule has 4 rings (SSSR count). The van der Waals surface area contributed by atoms with Crippen LogP contribution in [-0.4, -0.2) is 117 Å². The van der Waals surface area contributed by atoms with E-state index in [9.17, 15) is 40.7 Å². The van der Waals surface area contributed by atoms with Crippen molar-refractivity contribution in [2.75, 3.05) is 56.1 Å². The number of amides is 4. The van der Waals surface area contributed by atoms with E-state index in [1.165, 1.54) is 35.4 Å². The summed E-state index contributed by atoms with van der Waals surface area (Å²) in [7, 11) is 0. The number of carbonyl (C=O) groups excluding carboxylic acids is 3. The first-order chi connectivity index (χ1) is 22.3. The number of aliphatic hydroxyl groups excluding tert-OH is 1. The number of urea groups is 1. The average molecular weight is 709 g/mol. The second-order valence-electron chi connectivity index (χ2n) is 11.2. The van der Waals surface area contributed by atoms with Gasteiger partial charge < -0.3 is 25.3 Å². The lowest BCUT2D eigenvalue weighted by Crippen LogP contribution is -2.47. The molecule has 48 heavy (non-hydrogen) atoms. The molecule has 0 unspecified atom stereocenters. The Kier molecular flexibility index (Phi) is 12.8. The van der Waals surface area contributed by atoms with Crippen LogP contribution >= 0.6 is 11.8 Å². The number of carboxylic acids is 1. The molecule has 0 radical (unpaired) electrons. The van der Waals surface area contributed by atoms with E-state index in [2.05, 4.69) is 20.1 Å². The number of alkyl halides is 6. The molecule has 4 amide bonds. The summed E-state index contributed by atoms with van der Waals surface area (Å²) in [4.78, 5) is 58.9. The fourth-order valence-electron chi connectivity index (χ4n) is 4.79. The minimum atomic E-state index is -5.08. The maximum Gasteiger partial charge on any atom is 0.490 e. The van der Waals surface area contributed by atoms with E-state index in [-0.39, 0.29) is 47.8 Å². The number of thioether (sulfide) groups is 1. The highest BCUT2D eigenvalue weighted by molar-refractivity contribution is 8.00. The van der Waals surface area contributed by atoms with E-state index in [1.807, 2.05) is 0 Å². The number of aromatic nitrogens is 1. The number of nitrogens with one attached hydrogen (secondary N) is 1. The molecule has 2 aromatic rings. The third-order valence-corrected chi connectivity index (χ3v) is 8.10. The van der Waals surface area contributed by atoms with Gasteiger partial charge in [0.15, 0.2) is 0 Å². The summed E-state index contributed by atoms with van der Waals surface area (Å²) in [5.41, 5.74) is -4.84. The number of β-amino-alcohol motifs (C(OH)–C–C–N with tert-alkyl or cyclic N) is 1. The van der Waals surface area contributed by atoms with Gasteiger partial charge in [-0.3, -0.25) is 14.5 Å². The number of hydrogen-bond acceptors (Lipinski definition) is 9. The molecule has 2 saturated heterocycles. The van der Waals surface area contributed by atoms with E-state index in [0.717, 1.165) is 31.1 Å². The van der Waals surface area contributed by atoms with Crippen LogP contribution < -0.4 is 10.2 Å². The van der Waals surface area contributed by atoms with Gasteiger partial charge in [0, 0.05) is 63.3 Å². The molecule has 264 valence electrons. The van der Waals surface area contributed by atoms with Crippen LogP contribution in [-0.2, 0) is 20.9 Å². The van der Waals surface area contributed by atoms with Gasteiger partial charge in [0.1, 0.15) is 11.4 Å². The highest BCUT2D eigenvalue weighted by atomic mass is 32.2. The van der Waals surface area contributed by atoms with Crippen molar-refractivity contribution in [2.45, 2.75) is 48.9 Å². The van der Waals surface area contributed by atoms with Gasteiger partial charge >= 0.3 is 23.7 Å². The third-order valence-electron chi connectivity index (χ3n) is 7.36. The average Bonchev–Trinajstić information content (AvgIpc) is 3.15. The SMILES string of the molecule is CC1(C)C(=O)N(c2ccc(SC(F)(F)F)cc2)C(=O)N1Cc1ccnc(NC(=O)CCN2CCN(CCO)CC2)c1.O=C(O)C(F)(F)F. The number of piperazine rings is 1. The van der Waals surface area contributed by atoms with Crippen molar-refractivity contribution in [3.8, 4) is 0 Å². The van der Waals surface area contributed by atoms with Crippen LogP contribution in [0.5, 0.6) is 0 Å². The number of rotatable bonds is 10. The van der Waals surface area contributed by atoms with Crippen LogP contribution in [0.15, 0.2) is 47.5 Å². The van der Waals surface area contributed by atoms with E-state index in [4.69, 9.17) is 15.0 Å². The van der Waals surface area contributed by atoms with Gasteiger partial charge in [0.05, 0.1) is 12.3 Å². The minimum Gasteiger partial charge on any atom is -0.475 e. The molecule has 0 bridgehead atoms. The van der Waals surface area contributed by atoms with Crippen LogP contribution in [0.25, 0.3) is 0 Å². The van der Waals surface area contributed by atoms with Gasteiger partial charge in [-0.05, 0) is 67.6 Å². The summed E-state index contributed by atoms with van der Waals surface area (Å²) in [5, 5.41) is 19.0. The molecular formula is C29H34F6N6O6S. The maximum absolute atomic E-state index is 13.3. The number of anilines is 2. The normalized spacial score (nSPS) is 17.3. The Bertz CT molecular complexity index is 1450. The number of carboxylic acid groups (broad SMARTS) is 1. The monoisotopic (exact) mass is 708 g/mol. The Balaban J connectivity index is 0.000000804. The van der Waals surface area contributed by atoms with Crippen molar-refractivity contribution in [3.63, 3.8) is 0 Å². The summed E-state index contributed by atoms with van der Waals surface area (Å²) in [6.07, 6.45) is -3.29. The summed E-state index contributed by atoms with van der Waals surface area (Å²) in [6.45, 7) is 8.00. The highest BCUT2D eigenvalue weighted by Crippen LogP contribution is 2.39. The fraction of sp³-hybridized carbons (Fsp3) is 0.483. The third kappa shape index (κ3) is 10.8. The van der Waals surface area contributed by atoms with Crippen molar-refractivity contribution in [1.29, 1.82) is 0 Å². The lowest BCUT2D eigenvalue weighted by molar-refractivity contribution is -0.192. The highest BCUT2D eigenvalue weighted by Gasteiger charge is 2.51. The minimum absolute atomic E-state index is 0.0524. The molecule has 0 aliphatic carbocycles. The molecule has 19 heteroatoms. The lowest BCUT2D eigenvalue weighted by Gasteiger charge is -2.34. The van der Waals surface area contributed by atoms with Gasteiger partial charge in [-0.25, -0.2) is 19.5 Å². The predicted molar refractivity (Wildman–Crippen MR) is 162 cm³/mol. The van der Waals surface area contributed by atoms with Crippen molar-refractivity contribution < 1.29 is 55.7 Å². The van der Waals surface area contributed by atoms with Gasteiger partial charge in [-0.2, -0.15) is 26.3 Å². The summed E-state index contributed by atoms with van der Waals surface area (Å²) >= 11 is -0.273. The van der Waals surface area contributed by atoms with Gasteiger partial charge in [0.25, 0.3) is 5.91 Å². The number of hydrogen-bond donors (Lipinski definition) is 3. The predicted octanol–water partition coefficient (Wildman–Crippen LogP) is 4.01. The van der Waals surface area contributed by atoms with Gasteiger partial charge in [0.2, 0.25) is 5.91 Å². The molecule has 2 aliphatic rings. The molecule has 2 fully saturated rings. The zero-order chi connectivity index (χ0) is 35.9. The smallest absolute Gasteiger partial charge is 0.475 e. The second kappa shape index (κ2) is 16.0. The first-order valence-corrected chi connectivity index (χ1v) is 15.3. The lowest BCUT2D eigenvalue weighted by atomic mass is 10.0. The summed E-state index contributed by atoms with van der Waals surface area (Å²) in [6, 6.07) is 7.80. The number of halogens is 6. The van der Waals surface area contributed by atoms with Crippen LogP contribution in [0.3, 0.4) is 0 Å².